The lowest BCUT2D eigenvalue weighted by Gasteiger charge is -2.19. The zero-order valence-corrected chi connectivity index (χ0v) is 11.3. The lowest BCUT2D eigenvalue weighted by atomic mass is 9.97. The molecule has 0 fully saturated rings. The number of aryl methyl sites for hydroxylation is 1. The van der Waals surface area contributed by atoms with Crippen LogP contribution in [0.25, 0.3) is 0 Å². The van der Waals surface area contributed by atoms with Crippen LogP contribution in [0.5, 0.6) is 0 Å². The van der Waals surface area contributed by atoms with Crippen molar-refractivity contribution in [2.75, 3.05) is 0 Å². The Morgan fingerprint density at radius 1 is 1.20 bits per heavy atom. The molecule has 2 aromatic rings. The molecule has 2 rings (SSSR count). The topological polar surface area (TPSA) is 38.0 Å². The van der Waals surface area contributed by atoms with Gasteiger partial charge in [-0.05, 0) is 42.1 Å². The molecule has 108 valence electrons. The second-order valence-corrected chi connectivity index (χ2v) is 5.39. The molecule has 0 amide bonds. The highest BCUT2D eigenvalue weighted by atomic mass is 32.1. The monoisotopic (exact) mass is 304 g/mol. The third-order valence-electron chi connectivity index (χ3n) is 3.01. The lowest BCUT2D eigenvalue weighted by molar-refractivity contribution is -0.137. The number of benzene rings is 1. The molecule has 20 heavy (non-hydrogen) atoms. The summed E-state index contributed by atoms with van der Waals surface area (Å²) < 4.78 is 52.0. The Labute approximate surface area is 117 Å². The summed E-state index contributed by atoms with van der Waals surface area (Å²) in [6, 6.07) is 3.21. The van der Waals surface area contributed by atoms with E-state index in [4.69, 9.17) is 5.84 Å². The first kappa shape index (κ1) is 15.0. The average molecular weight is 304 g/mol. The van der Waals surface area contributed by atoms with Crippen LogP contribution < -0.4 is 11.3 Å². The predicted molar refractivity (Wildman–Crippen MR) is 69.6 cm³/mol. The second kappa shape index (κ2) is 5.51. The molecule has 1 aromatic carbocycles. The maximum absolute atomic E-state index is 13.9. The molecule has 0 bridgehead atoms. The van der Waals surface area contributed by atoms with Crippen molar-refractivity contribution in [3.8, 4) is 0 Å². The van der Waals surface area contributed by atoms with Crippen molar-refractivity contribution in [1.29, 1.82) is 0 Å². The number of alkyl halides is 3. The van der Waals surface area contributed by atoms with Crippen LogP contribution in [0, 0.1) is 12.7 Å². The molecular formula is C13H12F4N2S. The zero-order chi connectivity index (χ0) is 14.9. The van der Waals surface area contributed by atoms with E-state index in [0.29, 0.717) is 11.6 Å². The summed E-state index contributed by atoms with van der Waals surface area (Å²) in [5.74, 6) is 4.67. The van der Waals surface area contributed by atoms with Crippen molar-refractivity contribution in [3.05, 3.63) is 57.0 Å². The molecule has 1 atom stereocenters. The fourth-order valence-electron chi connectivity index (χ4n) is 1.98. The first-order chi connectivity index (χ1) is 9.34. The summed E-state index contributed by atoms with van der Waals surface area (Å²) in [5.41, 5.74) is 2.02. The highest BCUT2D eigenvalue weighted by molar-refractivity contribution is 7.10. The van der Waals surface area contributed by atoms with Crippen LogP contribution in [0.4, 0.5) is 17.6 Å². The molecule has 1 aromatic heterocycles. The minimum absolute atomic E-state index is 0.121. The van der Waals surface area contributed by atoms with Gasteiger partial charge in [-0.2, -0.15) is 13.2 Å². The van der Waals surface area contributed by atoms with E-state index in [2.05, 4.69) is 5.43 Å². The molecule has 7 heteroatoms. The standard InChI is InChI=1S/C13H12F4N2S/c1-7-9(4-5-20-7)12(19-18)10-6-8(13(15,16)17)2-3-11(10)14/h2-6,12,19H,18H2,1H3. The maximum Gasteiger partial charge on any atom is 0.416 e. The zero-order valence-electron chi connectivity index (χ0n) is 10.5. The van der Waals surface area contributed by atoms with Gasteiger partial charge in [0.15, 0.2) is 0 Å². The van der Waals surface area contributed by atoms with Gasteiger partial charge in [0, 0.05) is 10.4 Å². The Balaban J connectivity index is 2.52. The molecule has 0 radical (unpaired) electrons. The molecular weight excluding hydrogens is 292 g/mol. The molecule has 0 aliphatic carbocycles. The Hall–Kier alpha value is -1.44. The number of nitrogens with one attached hydrogen (secondary N) is 1. The van der Waals surface area contributed by atoms with Crippen LogP contribution in [0.2, 0.25) is 0 Å². The van der Waals surface area contributed by atoms with Crippen LogP contribution in [0.3, 0.4) is 0 Å². The van der Waals surface area contributed by atoms with Gasteiger partial charge in [-0.3, -0.25) is 5.84 Å². The number of halogens is 4. The van der Waals surface area contributed by atoms with E-state index in [-0.39, 0.29) is 5.56 Å². The van der Waals surface area contributed by atoms with Gasteiger partial charge in [0.05, 0.1) is 11.6 Å². The normalized spacial score (nSPS) is 13.5. The summed E-state index contributed by atoms with van der Waals surface area (Å²) >= 11 is 1.42. The smallest absolute Gasteiger partial charge is 0.271 e. The van der Waals surface area contributed by atoms with Crippen molar-refractivity contribution < 1.29 is 17.6 Å². The van der Waals surface area contributed by atoms with Crippen molar-refractivity contribution in [1.82, 2.24) is 5.43 Å². The van der Waals surface area contributed by atoms with Gasteiger partial charge < -0.3 is 0 Å². The number of hydrogen-bond acceptors (Lipinski definition) is 3. The van der Waals surface area contributed by atoms with E-state index in [1.54, 1.807) is 18.4 Å². The van der Waals surface area contributed by atoms with Crippen LogP contribution in [0.1, 0.15) is 27.6 Å². The molecule has 0 aliphatic heterocycles. The van der Waals surface area contributed by atoms with E-state index in [0.717, 1.165) is 17.0 Å². The minimum atomic E-state index is -4.52. The largest absolute Gasteiger partial charge is 0.416 e. The van der Waals surface area contributed by atoms with Gasteiger partial charge in [-0.1, -0.05) is 0 Å². The van der Waals surface area contributed by atoms with Gasteiger partial charge in [0.25, 0.3) is 0 Å². The highest BCUT2D eigenvalue weighted by Crippen LogP contribution is 2.34. The second-order valence-electron chi connectivity index (χ2n) is 4.27. The number of thiophene rings is 1. The van der Waals surface area contributed by atoms with Crippen LogP contribution in [-0.4, -0.2) is 0 Å². The minimum Gasteiger partial charge on any atom is -0.271 e. The maximum atomic E-state index is 13.9. The Kier molecular flexibility index (Phi) is 4.12. The van der Waals surface area contributed by atoms with Gasteiger partial charge in [0.1, 0.15) is 5.82 Å². The number of rotatable bonds is 3. The quantitative estimate of drug-likeness (QED) is 0.515. The van der Waals surface area contributed by atoms with Gasteiger partial charge in [-0.15, -0.1) is 11.3 Å². The third kappa shape index (κ3) is 2.84. The van der Waals surface area contributed by atoms with E-state index in [1.165, 1.54) is 11.3 Å². The van der Waals surface area contributed by atoms with Crippen molar-refractivity contribution in [2.45, 2.75) is 19.1 Å². The summed E-state index contributed by atoms with van der Waals surface area (Å²) in [4.78, 5) is 0.866. The number of hydrogen-bond donors (Lipinski definition) is 2. The van der Waals surface area contributed by atoms with Crippen LogP contribution in [0.15, 0.2) is 29.6 Å². The Bertz CT molecular complexity index is 607. The highest BCUT2D eigenvalue weighted by Gasteiger charge is 2.32. The lowest BCUT2D eigenvalue weighted by Crippen LogP contribution is -2.30. The SMILES string of the molecule is Cc1sccc1C(NN)c1cc(C(F)(F)F)ccc1F. The molecule has 3 N–H and O–H groups in total. The van der Waals surface area contributed by atoms with Gasteiger partial charge in [0.2, 0.25) is 0 Å². The van der Waals surface area contributed by atoms with Gasteiger partial charge >= 0.3 is 6.18 Å². The molecule has 2 nitrogen and oxygen atoms in total. The van der Waals surface area contributed by atoms with Gasteiger partial charge in [-0.25, -0.2) is 9.82 Å². The molecule has 1 unspecified atom stereocenters. The molecule has 0 spiro atoms. The summed E-state index contributed by atoms with van der Waals surface area (Å²) in [7, 11) is 0. The van der Waals surface area contributed by atoms with E-state index >= 15 is 0 Å². The fraction of sp³-hybridized carbons (Fsp3) is 0.231. The van der Waals surface area contributed by atoms with E-state index in [1.807, 2.05) is 0 Å². The molecule has 1 heterocycles. The van der Waals surface area contributed by atoms with Crippen molar-refractivity contribution >= 4 is 11.3 Å². The predicted octanol–water partition coefficient (Wildman–Crippen LogP) is 3.77. The van der Waals surface area contributed by atoms with Crippen molar-refractivity contribution in [3.63, 3.8) is 0 Å². The number of hydrazine groups is 1. The first-order valence-electron chi connectivity index (χ1n) is 5.71. The first-order valence-corrected chi connectivity index (χ1v) is 6.59. The van der Waals surface area contributed by atoms with Crippen LogP contribution >= 0.6 is 11.3 Å². The Morgan fingerprint density at radius 3 is 2.40 bits per heavy atom. The Morgan fingerprint density at radius 2 is 1.90 bits per heavy atom. The summed E-state index contributed by atoms with van der Waals surface area (Å²) in [6.07, 6.45) is -4.52. The molecule has 0 saturated heterocycles. The third-order valence-corrected chi connectivity index (χ3v) is 3.87. The summed E-state index contributed by atoms with van der Waals surface area (Å²) in [6.45, 7) is 1.80. The molecule has 0 aliphatic rings. The van der Waals surface area contributed by atoms with Crippen molar-refractivity contribution in [2.24, 2.45) is 5.84 Å². The van der Waals surface area contributed by atoms with E-state index in [9.17, 15) is 17.6 Å². The molecule has 0 saturated carbocycles. The van der Waals surface area contributed by atoms with E-state index < -0.39 is 23.6 Å². The van der Waals surface area contributed by atoms with Crippen LogP contribution in [-0.2, 0) is 6.18 Å². The number of nitrogens with two attached hydrogens (primary N) is 1. The summed E-state index contributed by atoms with van der Waals surface area (Å²) in [5, 5.41) is 1.78. The fourth-order valence-corrected chi connectivity index (χ4v) is 2.72. The average Bonchev–Trinajstić information content (AvgIpc) is 2.78.